The molecule has 0 amide bonds. The summed E-state index contributed by atoms with van der Waals surface area (Å²) in [4.78, 5) is 0. The van der Waals surface area contributed by atoms with Crippen molar-refractivity contribution in [1.29, 1.82) is 0 Å². The Morgan fingerprint density at radius 2 is 2.00 bits per heavy atom. The maximum absolute atomic E-state index is 2.57. The molecule has 2 rings (SSSR count). The molecule has 0 N–H and O–H groups in total. The first-order valence-corrected chi connectivity index (χ1v) is 6.93. The van der Waals surface area contributed by atoms with Crippen molar-refractivity contribution in [3.05, 3.63) is 11.6 Å². The van der Waals surface area contributed by atoms with Gasteiger partial charge in [0.1, 0.15) is 0 Å². The van der Waals surface area contributed by atoms with Crippen LogP contribution in [-0.2, 0) is 0 Å². The number of fused-ring (bicyclic) bond motifs is 1. The molecule has 0 nitrogen and oxygen atoms in total. The smallest absolute Gasteiger partial charge is 0.0147 e. The highest BCUT2D eigenvalue weighted by atomic mass is 14.4. The molecule has 0 heterocycles. The summed E-state index contributed by atoms with van der Waals surface area (Å²) >= 11 is 0. The first-order valence-electron chi connectivity index (χ1n) is 6.93. The van der Waals surface area contributed by atoms with Crippen molar-refractivity contribution in [3.63, 3.8) is 0 Å². The van der Waals surface area contributed by atoms with Gasteiger partial charge in [-0.2, -0.15) is 0 Å². The summed E-state index contributed by atoms with van der Waals surface area (Å²) in [6.45, 7) is 7.36. The van der Waals surface area contributed by atoms with Gasteiger partial charge in [-0.3, -0.25) is 0 Å². The minimum atomic E-state index is 0.932. The van der Waals surface area contributed by atoms with Crippen LogP contribution < -0.4 is 0 Å². The van der Waals surface area contributed by atoms with Gasteiger partial charge in [0.25, 0.3) is 0 Å². The molecule has 15 heavy (non-hydrogen) atoms. The average molecular weight is 206 g/mol. The molecular weight excluding hydrogens is 180 g/mol. The fourth-order valence-electron chi connectivity index (χ4n) is 4.03. The van der Waals surface area contributed by atoms with Crippen molar-refractivity contribution < 1.29 is 0 Å². The van der Waals surface area contributed by atoms with Gasteiger partial charge in [0.2, 0.25) is 0 Å². The molecule has 0 bridgehead atoms. The van der Waals surface area contributed by atoms with E-state index in [2.05, 4.69) is 26.8 Å². The Bertz CT molecular complexity index is 238. The van der Waals surface area contributed by atoms with Crippen LogP contribution in [0.25, 0.3) is 0 Å². The van der Waals surface area contributed by atoms with Gasteiger partial charge in [-0.05, 0) is 49.4 Å². The van der Waals surface area contributed by atoms with Crippen LogP contribution in [0.4, 0.5) is 0 Å². The molecule has 4 atom stereocenters. The minimum absolute atomic E-state index is 0.932. The highest BCUT2D eigenvalue weighted by molar-refractivity contribution is 5.14. The van der Waals surface area contributed by atoms with Gasteiger partial charge in [-0.1, -0.05) is 45.3 Å². The average Bonchev–Trinajstić information content (AvgIpc) is 2.38. The van der Waals surface area contributed by atoms with Gasteiger partial charge in [-0.15, -0.1) is 0 Å². The largest absolute Gasteiger partial charge is 0.0850 e. The second-order valence-corrected chi connectivity index (χ2v) is 5.80. The zero-order chi connectivity index (χ0) is 10.8. The van der Waals surface area contributed by atoms with Crippen LogP contribution in [0.3, 0.4) is 0 Å². The molecule has 0 aromatic rings. The standard InChI is InChI=1S/C15H26/c1-4-14-11(2)7-5-9-13-10-6-8-12(3)15(13)14/h10-12,14-15H,4-9H2,1-3H3/t11?,12?,14-,15-/m0/s1. The van der Waals surface area contributed by atoms with E-state index in [1.54, 1.807) is 0 Å². The maximum atomic E-state index is 2.57. The number of allylic oxidation sites excluding steroid dienone is 2. The van der Waals surface area contributed by atoms with Gasteiger partial charge in [0.05, 0.1) is 0 Å². The molecule has 86 valence electrons. The SMILES string of the molecule is CC[C@H]1C(C)CCCC2=CCCC(C)[C@@H]21. The molecule has 2 aliphatic carbocycles. The minimum Gasteiger partial charge on any atom is -0.0850 e. The van der Waals surface area contributed by atoms with E-state index in [1.165, 1.54) is 38.5 Å². The van der Waals surface area contributed by atoms with E-state index >= 15 is 0 Å². The number of hydrogen-bond acceptors (Lipinski definition) is 0. The van der Waals surface area contributed by atoms with E-state index in [1.807, 2.05) is 5.57 Å². The van der Waals surface area contributed by atoms with Crippen molar-refractivity contribution in [2.75, 3.05) is 0 Å². The summed E-state index contributed by atoms with van der Waals surface area (Å²) in [7, 11) is 0. The normalized spacial score (nSPS) is 41.7. The highest BCUT2D eigenvalue weighted by Gasteiger charge is 2.35. The van der Waals surface area contributed by atoms with Gasteiger partial charge < -0.3 is 0 Å². The van der Waals surface area contributed by atoms with Crippen molar-refractivity contribution in [3.8, 4) is 0 Å². The molecular formula is C15H26. The van der Waals surface area contributed by atoms with Crippen molar-refractivity contribution >= 4 is 0 Å². The van der Waals surface area contributed by atoms with E-state index < -0.39 is 0 Å². The molecule has 0 spiro atoms. The van der Waals surface area contributed by atoms with Gasteiger partial charge in [0.15, 0.2) is 0 Å². The Morgan fingerprint density at radius 1 is 1.20 bits per heavy atom. The molecule has 0 aromatic carbocycles. The van der Waals surface area contributed by atoms with E-state index in [-0.39, 0.29) is 0 Å². The molecule has 1 saturated carbocycles. The van der Waals surface area contributed by atoms with Crippen LogP contribution in [0.2, 0.25) is 0 Å². The van der Waals surface area contributed by atoms with Crippen LogP contribution >= 0.6 is 0 Å². The lowest BCUT2D eigenvalue weighted by Gasteiger charge is -2.37. The molecule has 2 aliphatic rings. The van der Waals surface area contributed by atoms with E-state index in [0.717, 1.165) is 23.7 Å². The molecule has 0 radical (unpaired) electrons. The molecule has 0 aliphatic heterocycles. The first-order chi connectivity index (χ1) is 7.24. The lowest BCUT2D eigenvalue weighted by Crippen LogP contribution is -2.28. The zero-order valence-corrected chi connectivity index (χ0v) is 10.6. The summed E-state index contributed by atoms with van der Waals surface area (Å²) in [6.07, 6.45) is 11.0. The monoisotopic (exact) mass is 206 g/mol. The Morgan fingerprint density at radius 3 is 2.73 bits per heavy atom. The molecule has 0 heteroatoms. The van der Waals surface area contributed by atoms with Gasteiger partial charge in [0, 0.05) is 0 Å². The van der Waals surface area contributed by atoms with Crippen LogP contribution in [0.1, 0.15) is 59.3 Å². The number of rotatable bonds is 1. The third-order valence-electron chi connectivity index (χ3n) is 4.86. The van der Waals surface area contributed by atoms with E-state index in [0.29, 0.717) is 0 Å². The quantitative estimate of drug-likeness (QED) is 0.540. The van der Waals surface area contributed by atoms with Gasteiger partial charge in [-0.25, -0.2) is 0 Å². The molecule has 1 fully saturated rings. The highest BCUT2D eigenvalue weighted by Crippen LogP contribution is 2.45. The van der Waals surface area contributed by atoms with Gasteiger partial charge >= 0.3 is 0 Å². The second kappa shape index (κ2) is 4.72. The zero-order valence-electron chi connectivity index (χ0n) is 10.6. The summed E-state index contributed by atoms with van der Waals surface area (Å²) in [5.74, 6) is 3.79. The van der Waals surface area contributed by atoms with Crippen LogP contribution in [0.5, 0.6) is 0 Å². The van der Waals surface area contributed by atoms with Crippen LogP contribution in [0, 0.1) is 23.7 Å². The topological polar surface area (TPSA) is 0 Å². The van der Waals surface area contributed by atoms with Crippen molar-refractivity contribution in [2.24, 2.45) is 23.7 Å². The van der Waals surface area contributed by atoms with E-state index in [4.69, 9.17) is 0 Å². The van der Waals surface area contributed by atoms with Crippen molar-refractivity contribution in [2.45, 2.75) is 59.3 Å². The predicted molar refractivity (Wildman–Crippen MR) is 66.8 cm³/mol. The van der Waals surface area contributed by atoms with E-state index in [9.17, 15) is 0 Å². The Kier molecular flexibility index (Phi) is 3.53. The molecule has 0 saturated heterocycles. The third-order valence-corrected chi connectivity index (χ3v) is 4.86. The first kappa shape index (κ1) is 11.2. The lowest BCUT2D eigenvalue weighted by atomic mass is 9.68. The summed E-state index contributed by atoms with van der Waals surface area (Å²) in [5.41, 5.74) is 1.82. The summed E-state index contributed by atoms with van der Waals surface area (Å²) in [5, 5.41) is 0. The number of hydrogen-bond donors (Lipinski definition) is 0. The Balaban J connectivity index is 2.25. The predicted octanol–water partition coefficient (Wildman–Crippen LogP) is 4.81. The molecule has 2 unspecified atom stereocenters. The fourth-order valence-corrected chi connectivity index (χ4v) is 4.03. The van der Waals surface area contributed by atoms with Crippen molar-refractivity contribution in [1.82, 2.24) is 0 Å². The summed E-state index contributed by atoms with van der Waals surface area (Å²) < 4.78 is 0. The van der Waals surface area contributed by atoms with Crippen LogP contribution in [-0.4, -0.2) is 0 Å². The maximum Gasteiger partial charge on any atom is -0.0147 e. The van der Waals surface area contributed by atoms with Crippen LogP contribution in [0.15, 0.2) is 11.6 Å². The lowest BCUT2D eigenvalue weighted by molar-refractivity contribution is 0.194. The Hall–Kier alpha value is -0.260. The fraction of sp³-hybridized carbons (Fsp3) is 0.867. The third kappa shape index (κ3) is 2.14. The second-order valence-electron chi connectivity index (χ2n) is 5.80. The Labute approximate surface area is 95.1 Å². The molecule has 0 aromatic heterocycles. The summed E-state index contributed by atoms with van der Waals surface area (Å²) in [6, 6.07) is 0.